The molecule has 0 saturated heterocycles. The van der Waals surface area contributed by atoms with Crippen LogP contribution in [0.4, 0.5) is 0 Å². The molecule has 32 heavy (non-hydrogen) atoms. The van der Waals surface area contributed by atoms with E-state index >= 15 is 0 Å². The number of imidazole rings is 1. The van der Waals surface area contributed by atoms with Gasteiger partial charge in [0.05, 0.1) is 50.9 Å². The van der Waals surface area contributed by atoms with E-state index in [0.29, 0.717) is 28.4 Å². The second-order valence-electron chi connectivity index (χ2n) is 7.13. The van der Waals surface area contributed by atoms with E-state index < -0.39 is 5.97 Å². The fourth-order valence-corrected chi connectivity index (χ4v) is 4.09. The average molecular weight is 500 g/mol. The summed E-state index contributed by atoms with van der Waals surface area (Å²) in [7, 11) is 3.16. The highest BCUT2D eigenvalue weighted by atomic mass is 79.9. The first-order valence-corrected chi connectivity index (χ1v) is 10.8. The van der Waals surface area contributed by atoms with Crippen LogP contribution in [0.25, 0.3) is 5.69 Å². The number of nitrogens with zero attached hydrogens (tertiary/aromatic N) is 3. The number of carbonyl (C=O) groups excluding carboxylic acids is 2. The molecule has 3 aromatic rings. The Morgan fingerprint density at radius 1 is 1.16 bits per heavy atom. The van der Waals surface area contributed by atoms with Crippen molar-refractivity contribution in [3.8, 4) is 17.2 Å². The van der Waals surface area contributed by atoms with E-state index in [4.69, 9.17) is 14.2 Å². The van der Waals surface area contributed by atoms with Crippen LogP contribution in [0.5, 0.6) is 11.5 Å². The number of halogens is 1. The maximum Gasteiger partial charge on any atom is 0.358 e. The van der Waals surface area contributed by atoms with Gasteiger partial charge < -0.3 is 19.1 Å². The molecule has 0 fully saturated rings. The molecule has 9 heteroatoms. The van der Waals surface area contributed by atoms with Gasteiger partial charge in [-0.2, -0.15) is 0 Å². The van der Waals surface area contributed by atoms with Crippen LogP contribution in [0.2, 0.25) is 0 Å². The summed E-state index contributed by atoms with van der Waals surface area (Å²) >= 11 is 3.45. The van der Waals surface area contributed by atoms with Crippen molar-refractivity contribution < 1.29 is 23.8 Å². The van der Waals surface area contributed by atoms with Crippen LogP contribution in [0.3, 0.4) is 0 Å². The fraction of sp³-hybridized carbons (Fsp3) is 0.261. The van der Waals surface area contributed by atoms with Crippen LogP contribution in [-0.4, -0.2) is 47.2 Å². The van der Waals surface area contributed by atoms with E-state index in [1.54, 1.807) is 49.1 Å². The van der Waals surface area contributed by atoms with E-state index in [1.807, 2.05) is 24.3 Å². The minimum Gasteiger partial charge on any atom is -0.497 e. The molecule has 0 unspecified atom stereocenters. The van der Waals surface area contributed by atoms with Crippen molar-refractivity contribution in [2.24, 2.45) is 0 Å². The molecule has 0 bridgehead atoms. The molecule has 0 spiro atoms. The van der Waals surface area contributed by atoms with Gasteiger partial charge in [0.2, 0.25) is 0 Å². The van der Waals surface area contributed by atoms with Gasteiger partial charge in [-0.15, -0.1) is 0 Å². The first kappa shape index (κ1) is 21.9. The van der Waals surface area contributed by atoms with Gasteiger partial charge >= 0.3 is 5.97 Å². The maximum absolute atomic E-state index is 13.6. The van der Waals surface area contributed by atoms with Crippen LogP contribution in [0.1, 0.15) is 39.0 Å². The van der Waals surface area contributed by atoms with Gasteiger partial charge in [-0.3, -0.25) is 9.36 Å². The SMILES string of the molecule is CCOC(=O)c1ncn2c1CN(Cc1ccc(OC)cc1OC)C(=O)c1cc(Br)ccc1-2. The topological polar surface area (TPSA) is 82.9 Å². The van der Waals surface area contributed by atoms with Crippen LogP contribution in [-0.2, 0) is 17.8 Å². The molecule has 4 rings (SSSR count). The number of hydrogen-bond donors (Lipinski definition) is 0. The van der Waals surface area contributed by atoms with Crippen molar-refractivity contribution in [3.05, 3.63) is 69.7 Å². The summed E-state index contributed by atoms with van der Waals surface area (Å²) in [5.41, 5.74) is 2.75. The highest BCUT2D eigenvalue weighted by Crippen LogP contribution is 2.32. The monoisotopic (exact) mass is 499 g/mol. The minimum absolute atomic E-state index is 0.169. The van der Waals surface area contributed by atoms with E-state index in [-0.39, 0.29) is 31.3 Å². The van der Waals surface area contributed by atoms with Gasteiger partial charge in [0.25, 0.3) is 5.91 Å². The molecule has 1 aliphatic rings. The van der Waals surface area contributed by atoms with E-state index in [0.717, 1.165) is 10.0 Å². The summed E-state index contributed by atoms with van der Waals surface area (Å²) in [5, 5.41) is 0. The van der Waals surface area contributed by atoms with Crippen molar-refractivity contribution >= 4 is 27.8 Å². The zero-order chi connectivity index (χ0) is 22.8. The lowest BCUT2D eigenvalue weighted by Crippen LogP contribution is -2.30. The molecule has 0 N–H and O–H groups in total. The van der Waals surface area contributed by atoms with E-state index in [1.165, 1.54) is 0 Å². The molecule has 0 aliphatic carbocycles. The Kier molecular flexibility index (Phi) is 6.18. The second kappa shape index (κ2) is 9.04. The minimum atomic E-state index is -0.517. The Morgan fingerprint density at radius 2 is 1.97 bits per heavy atom. The molecule has 0 atom stereocenters. The molecule has 0 radical (unpaired) electrons. The lowest BCUT2D eigenvalue weighted by atomic mass is 10.1. The third kappa shape index (κ3) is 3.95. The molecule has 2 heterocycles. The highest BCUT2D eigenvalue weighted by molar-refractivity contribution is 9.10. The number of benzene rings is 2. The summed E-state index contributed by atoms with van der Waals surface area (Å²) in [5.74, 6) is 0.577. The Balaban J connectivity index is 1.81. The van der Waals surface area contributed by atoms with Gasteiger partial charge in [0.1, 0.15) is 17.8 Å². The van der Waals surface area contributed by atoms with Crippen LogP contribution in [0, 0.1) is 0 Å². The number of rotatable bonds is 6. The zero-order valence-electron chi connectivity index (χ0n) is 17.9. The van der Waals surface area contributed by atoms with Gasteiger partial charge in [-0.25, -0.2) is 9.78 Å². The Labute approximate surface area is 193 Å². The van der Waals surface area contributed by atoms with Crippen molar-refractivity contribution in [2.45, 2.75) is 20.0 Å². The lowest BCUT2D eigenvalue weighted by molar-refractivity contribution is 0.0514. The van der Waals surface area contributed by atoms with Crippen molar-refractivity contribution in [1.29, 1.82) is 0 Å². The number of methoxy groups -OCH3 is 2. The van der Waals surface area contributed by atoms with Crippen molar-refractivity contribution in [1.82, 2.24) is 14.5 Å². The molecule has 2 aromatic carbocycles. The molecular weight excluding hydrogens is 478 g/mol. The molecule has 8 nitrogen and oxygen atoms in total. The summed E-state index contributed by atoms with van der Waals surface area (Å²) in [6, 6.07) is 10.9. The highest BCUT2D eigenvalue weighted by Gasteiger charge is 2.31. The second-order valence-corrected chi connectivity index (χ2v) is 8.05. The molecular formula is C23H22BrN3O5. The third-order valence-corrected chi connectivity index (χ3v) is 5.76. The van der Waals surface area contributed by atoms with Gasteiger partial charge in [0, 0.05) is 16.1 Å². The predicted octanol–water partition coefficient (Wildman–Crippen LogP) is 3.98. The number of carbonyl (C=O) groups is 2. The van der Waals surface area contributed by atoms with Gasteiger partial charge in [-0.1, -0.05) is 15.9 Å². The Morgan fingerprint density at radius 3 is 2.69 bits per heavy atom. The Bertz CT molecular complexity index is 1190. The van der Waals surface area contributed by atoms with Gasteiger partial charge in [-0.05, 0) is 37.3 Å². The number of hydrogen-bond acceptors (Lipinski definition) is 6. The van der Waals surface area contributed by atoms with E-state index in [9.17, 15) is 9.59 Å². The quantitative estimate of drug-likeness (QED) is 0.477. The van der Waals surface area contributed by atoms with Gasteiger partial charge in [0.15, 0.2) is 5.69 Å². The van der Waals surface area contributed by atoms with Crippen molar-refractivity contribution in [3.63, 3.8) is 0 Å². The number of aromatic nitrogens is 2. The number of ether oxygens (including phenoxy) is 3. The first-order chi connectivity index (χ1) is 15.5. The average Bonchev–Trinajstić information content (AvgIpc) is 3.17. The molecule has 1 aromatic heterocycles. The standard InChI is InChI=1S/C23H22BrN3O5/c1-4-32-23(29)21-19-12-26(11-14-5-7-16(30-2)10-20(14)31-3)22(28)17-9-15(24)6-8-18(17)27(19)13-25-21/h5-10,13H,4,11-12H2,1-3H3. The summed E-state index contributed by atoms with van der Waals surface area (Å²) < 4.78 is 18.5. The normalized spacial score (nSPS) is 12.6. The van der Waals surface area contributed by atoms with E-state index in [2.05, 4.69) is 20.9 Å². The molecule has 1 amide bonds. The van der Waals surface area contributed by atoms with Crippen LogP contribution in [0.15, 0.2) is 47.2 Å². The van der Waals surface area contributed by atoms with Crippen LogP contribution < -0.4 is 9.47 Å². The number of fused-ring (bicyclic) bond motifs is 3. The largest absolute Gasteiger partial charge is 0.497 e. The smallest absolute Gasteiger partial charge is 0.358 e. The molecule has 166 valence electrons. The van der Waals surface area contributed by atoms with Crippen molar-refractivity contribution in [2.75, 3.05) is 20.8 Å². The fourth-order valence-electron chi connectivity index (χ4n) is 3.73. The molecule has 0 saturated carbocycles. The Hall–Kier alpha value is -3.33. The zero-order valence-corrected chi connectivity index (χ0v) is 19.5. The summed E-state index contributed by atoms with van der Waals surface area (Å²) in [6.45, 7) is 2.42. The summed E-state index contributed by atoms with van der Waals surface area (Å²) in [6.07, 6.45) is 1.55. The molecule has 1 aliphatic heterocycles. The first-order valence-electron chi connectivity index (χ1n) is 10.00. The number of esters is 1. The van der Waals surface area contributed by atoms with Crippen LogP contribution >= 0.6 is 15.9 Å². The lowest BCUT2D eigenvalue weighted by Gasteiger charge is -2.22. The maximum atomic E-state index is 13.6. The number of amides is 1. The summed E-state index contributed by atoms with van der Waals surface area (Å²) in [4.78, 5) is 32.1. The third-order valence-electron chi connectivity index (χ3n) is 5.27. The predicted molar refractivity (Wildman–Crippen MR) is 120 cm³/mol.